The predicted octanol–water partition coefficient (Wildman–Crippen LogP) is 2.80. The fourth-order valence-corrected chi connectivity index (χ4v) is 2.80. The number of carbonyl (C=O) groups excluding carboxylic acids is 1. The number of nitrogen functional groups attached to an aromatic ring is 1. The first kappa shape index (κ1) is 16.6. The summed E-state index contributed by atoms with van der Waals surface area (Å²) in [7, 11) is 0. The molecule has 1 aliphatic heterocycles. The lowest BCUT2D eigenvalue weighted by molar-refractivity contribution is -0.173. The summed E-state index contributed by atoms with van der Waals surface area (Å²) in [4.78, 5) is 11.5. The van der Waals surface area contributed by atoms with Gasteiger partial charge in [-0.2, -0.15) is 18.3 Å². The van der Waals surface area contributed by atoms with Crippen LogP contribution in [0.1, 0.15) is 34.6 Å². The van der Waals surface area contributed by atoms with Gasteiger partial charge in [0, 0.05) is 17.5 Å². The first-order chi connectivity index (χ1) is 11.3. The molecular formula is C14H13ClF3N5O. The lowest BCUT2D eigenvalue weighted by Gasteiger charge is -2.33. The zero-order valence-corrected chi connectivity index (χ0v) is 12.9. The monoisotopic (exact) mass is 359 g/mol. The number of nitrogens with one attached hydrogen (secondary N) is 2. The van der Waals surface area contributed by atoms with Crippen molar-refractivity contribution >= 4 is 23.3 Å². The van der Waals surface area contributed by atoms with E-state index in [9.17, 15) is 18.0 Å². The Kier molecular flexibility index (Phi) is 4.14. The minimum Gasteiger partial charge on any atom is -0.363 e. The number of alkyl halides is 3. The molecule has 0 fully saturated rings. The molecule has 6 nitrogen and oxygen atoms in total. The Labute approximate surface area is 139 Å². The average Bonchev–Trinajstić information content (AvgIpc) is 2.96. The number of carbonyl (C=O) groups is 1. The molecule has 1 aliphatic rings. The predicted molar refractivity (Wildman–Crippen MR) is 81.4 cm³/mol. The van der Waals surface area contributed by atoms with Gasteiger partial charge in [-0.15, -0.1) is 0 Å². The van der Waals surface area contributed by atoms with Gasteiger partial charge in [-0.3, -0.25) is 10.2 Å². The topological polar surface area (TPSA) is 85.0 Å². The van der Waals surface area contributed by atoms with E-state index in [1.54, 1.807) is 24.3 Å². The first-order valence-electron chi connectivity index (χ1n) is 6.99. The summed E-state index contributed by atoms with van der Waals surface area (Å²) in [5.41, 5.74) is 2.32. The van der Waals surface area contributed by atoms with Gasteiger partial charge in [-0.05, 0) is 17.7 Å². The molecule has 0 radical (unpaired) electrons. The van der Waals surface area contributed by atoms with Crippen molar-refractivity contribution in [2.75, 3.05) is 5.32 Å². The zero-order chi connectivity index (χ0) is 17.5. The average molecular weight is 360 g/mol. The van der Waals surface area contributed by atoms with Crippen LogP contribution in [0.5, 0.6) is 0 Å². The smallest absolute Gasteiger partial charge is 0.363 e. The summed E-state index contributed by atoms with van der Waals surface area (Å²) in [6.07, 6.45) is -4.77. The van der Waals surface area contributed by atoms with Gasteiger partial charge in [0.05, 0.1) is 6.04 Å². The van der Waals surface area contributed by atoms with E-state index in [-0.39, 0.29) is 17.9 Å². The number of nitrogens with zero attached hydrogens (tertiary/aromatic N) is 2. The fraction of sp³-hybridized carbons (Fsp3) is 0.286. The Morgan fingerprint density at radius 1 is 1.38 bits per heavy atom. The van der Waals surface area contributed by atoms with Crippen molar-refractivity contribution in [3.63, 3.8) is 0 Å². The Balaban J connectivity index is 2.00. The van der Waals surface area contributed by atoms with Crippen molar-refractivity contribution in [2.45, 2.75) is 24.7 Å². The number of halogens is 4. The molecule has 1 amide bonds. The van der Waals surface area contributed by atoms with E-state index in [0.29, 0.717) is 10.6 Å². The summed E-state index contributed by atoms with van der Waals surface area (Å²) >= 11 is 5.82. The lowest BCUT2D eigenvalue weighted by atomic mass is 9.97. The Bertz CT molecular complexity index is 759. The largest absolute Gasteiger partial charge is 0.410 e. The lowest BCUT2D eigenvalue weighted by Crippen LogP contribution is -2.36. The Morgan fingerprint density at radius 2 is 2.04 bits per heavy atom. The molecule has 3 rings (SSSR count). The number of fused-ring (bicyclic) bond motifs is 1. The molecule has 1 aromatic heterocycles. The molecule has 0 bridgehead atoms. The number of nitrogens with two attached hydrogens (primary N) is 1. The van der Waals surface area contributed by atoms with Crippen LogP contribution in [0, 0.1) is 0 Å². The van der Waals surface area contributed by atoms with Crippen molar-refractivity contribution in [3.8, 4) is 0 Å². The molecule has 0 aliphatic carbocycles. The minimum atomic E-state index is -4.51. The number of hydrogen-bond acceptors (Lipinski definition) is 4. The number of benzene rings is 1. The highest BCUT2D eigenvalue weighted by molar-refractivity contribution is 6.30. The van der Waals surface area contributed by atoms with Crippen LogP contribution in [-0.2, 0) is 0 Å². The summed E-state index contributed by atoms with van der Waals surface area (Å²) in [6.45, 7) is 0. The number of amides is 1. The van der Waals surface area contributed by atoms with Crippen LogP contribution in [0.25, 0.3) is 0 Å². The number of hydrazine groups is 1. The quantitative estimate of drug-likeness (QED) is 0.437. The molecule has 128 valence electrons. The van der Waals surface area contributed by atoms with Crippen molar-refractivity contribution in [3.05, 3.63) is 46.6 Å². The molecule has 10 heteroatoms. The second kappa shape index (κ2) is 5.99. The molecule has 0 spiro atoms. The number of anilines is 1. The van der Waals surface area contributed by atoms with Crippen LogP contribution in [0.2, 0.25) is 5.02 Å². The molecule has 4 N–H and O–H groups in total. The number of hydrogen-bond donors (Lipinski definition) is 3. The zero-order valence-electron chi connectivity index (χ0n) is 12.1. The van der Waals surface area contributed by atoms with E-state index in [4.69, 9.17) is 17.4 Å². The van der Waals surface area contributed by atoms with Crippen molar-refractivity contribution < 1.29 is 18.0 Å². The number of rotatable bonds is 2. The van der Waals surface area contributed by atoms with Crippen LogP contribution < -0.4 is 16.6 Å². The molecule has 1 aromatic carbocycles. The maximum absolute atomic E-state index is 13.4. The summed E-state index contributed by atoms with van der Waals surface area (Å²) in [6, 6.07) is 5.34. The van der Waals surface area contributed by atoms with Gasteiger partial charge in [0.1, 0.15) is 5.82 Å². The third kappa shape index (κ3) is 3.04. The standard InChI is InChI=1S/C14H13ClF3N5O/c15-8-3-1-7(2-4-8)9-5-11(14(16,17)18)23-12(20-9)6-10(22-23)13(24)21-19/h1-4,6,9,11,20H,5,19H2,(H,21,24). The van der Waals surface area contributed by atoms with E-state index in [1.807, 2.05) is 5.43 Å². The van der Waals surface area contributed by atoms with Crippen molar-refractivity contribution in [1.82, 2.24) is 15.2 Å². The van der Waals surface area contributed by atoms with Gasteiger partial charge < -0.3 is 5.32 Å². The SMILES string of the molecule is NNC(=O)c1cc2n(n1)C(C(F)(F)F)CC(c1ccc(Cl)cc1)N2. The summed E-state index contributed by atoms with van der Waals surface area (Å²) < 4.78 is 41.1. The first-order valence-corrected chi connectivity index (χ1v) is 7.36. The van der Waals surface area contributed by atoms with E-state index < -0.39 is 24.2 Å². The van der Waals surface area contributed by atoms with E-state index in [2.05, 4.69) is 10.4 Å². The molecular weight excluding hydrogens is 347 g/mol. The molecule has 0 saturated carbocycles. The second-order valence-corrected chi connectivity index (χ2v) is 5.81. The Hall–Kier alpha value is -2.26. The van der Waals surface area contributed by atoms with Gasteiger partial charge in [0.15, 0.2) is 11.7 Å². The van der Waals surface area contributed by atoms with Gasteiger partial charge in [-0.1, -0.05) is 23.7 Å². The third-order valence-electron chi connectivity index (χ3n) is 3.83. The minimum absolute atomic E-state index is 0.0992. The van der Waals surface area contributed by atoms with Gasteiger partial charge in [0.2, 0.25) is 0 Å². The van der Waals surface area contributed by atoms with Crippen LogP contribution in [0.15, 0.2) is 30.3 Å². The molecule has 2 aromatic rings. The normalized spacial score (nSPS) is 20.2. The molecule has 0 saturated heterocycles. The second-order valence-electron chi connectivity index (χ2n) is 5.37. The van der Waals surface area contributed by atoms with Crippen molar-refractivity contribution in [2.24, 2.45) is 5.84 Å². The van der Waals surface area contributed by atoms with E-state index >= 15 is 0 Å². The molecule has 2 unspecified atom stereocenters. The molecule has 24 heavy (non-hydrogen) atoms. The van der Waals surface area contributed by atoms with Gasteiger partial charge >= 0.3 is 6.18 Å². The van der Waals surface area contributed by atoms with Crippen LogP contribution in [0.3, 0.4) is 0 Å². The highest BCUT2D eigenvalue weighted by Gasteiger charge is 2.46. The maximum atomic E-state index is 13.4. The maximum Gasteiger partial charge on any atom is 0.410 e. The fourth-order valence-electron chi connectivity index (χ4n) is 2.67. The molecule has 2 atom stereocenters. The van der Waals surface area contributed by atoms with Gasteiger partial charge in [-0.25, -0.2) is 10.5 Å². The van der Waals surface area contributed by atoms with E-state index in [1.165, 1.54) is 6.07 Å². The van der Waals surface area contributed by atoms with Crippen LogP contribution >= 0.6 is 11.6 Å². The van der Waals surface area contributed by atoms with Gasteiger partial charge in [0.25, 0.3) is 5.91 Å². The van der Waals surface area contributed by atoms with Crippen molar-refractivity contribution in [1.29, 1.82) is 0 Å². The highest BCUT2D eigenvalue weighted by atomic mass is 35.5. The summed E-state index contributed by atoms with van der Waals surface area (Å²) in [5.74, 6) is 4.35. The Morgan fingerprint density at radius 3 is 2.62 bits per heavy atom. The summed E-state index contributed by atoms with van der Waals surface area (Å²) in [5, 5.41) is 7.20. The van der Waals surface area contributed by atoms with Crippen LogP contribution in [0.4, 0.5) is 19.0 Å². The molecule has 2 heterocycles. The third-order valence-corrected chi connectivity index (χ3v) is 4.08. The van der Waals surface area contributed by atoms with Crippen LogP contribution in [-0.4, -0.2) is 21.9 Å². The highest BCUT2D eigenvalue weighted by Crippen LogP contribution is 2.43. The van der Waals surface area contributed by atoms with E-state index in [0.717, 1.165) is 4.68 Å². The number of aromatic nitrogens is 2.